The lowest BCUT2D eigenvalue weighted by Gasteiger charge is -2.05. The van der Waals surface area contributed by atoms with Gasteiger partial charge >= 0.3 is 0 Å². The molecule has 11 heavy (non-hydrogen) atoms. The minimum absolute atomic E-state index is 0.278. The van der Waals surface area contributed by atoms with Crippen LogP contribution in [0.25, 0.3) is 0 Å². The summed E-state index contributed by atoms with van der Waals surface area (Å²) in [7, 11) is 0. The van der Waals surface area contributed by atoms with Crippen molar-refractivity contribution in [3.63, 3.8) is 0 Å². The summed E-state index contributed by atoms with van der Waals surface area (Å²) in [6, 6.07) is 0. The first-order chi connectivity index (χ1) is 5.06. The van der Waals surface area contributed by atoms with Crippen molar-refractivity contribution in [1.29, 1.82) is 0 Å². The van der Waals surface area contributed by atoms with E-state index >= 15 is 0 Å². The summed E-state index contributed by atoms with van der Waals surface area (Å²) in [4.78, 5) is 0. The molecule has 0 bridgehead atoms. The van der Waals surface area contributed by atoms with Crippen LogP contribution in [0.5, 0.6) is 0 Å². The van der Waals surface area contributed by atoms with E-state index in [0.717, 1.165) is 0 Å². The third-order valence-electron chi connectivity index (χ3n) is 2.04. The fourth-order valence-corrected chi connectivity index (χ4v) is 1.11. The third-order valence-corrected chi connectivity index (χ3v) is 2.04. The molecule has 60 valence electrons. The quantitative estimate of drug-likeness (QED) is 0.630. The molecule has 0 amide bonds. The highest BCUT2D eigenvalue weighted by Gasteiger charge is 2.70. The Labute approximate surface area is 61.6 Å². The largest absolute Gasteiger partial charge is 0.316 e. The van der Waals surface area contributed by atoms with Crippen LogP contribution in [-0.4, -0.2) is 16.1 Å². The first-order valence-corrected chi connectivity index (χ1v) is 3.22. The van der Waals surface area contributed by atoms with Crippen LogP contribution in [0.15, 0.2) is 12.4 Å². The van der Waals surface area contributed by atoms with Gasteiger partial charge in [0.05, 0.1) is 6.20 Å². The predicted octanol–water partition coefficient (Wildman–Crippen LogP) is 0.603. The Morgan fingerprint density at radius 1 is 1.64 bits per heavy atom. The van der Waals surface area contributed by atoms with Crippen LogP contribution in [0.2, 0.25) is 0 Å². The van der Waals surface area contributed by atoms with Crippen LogP contribution < -0.4 is 5.73 Å². The highest BCUT2D eigenvalue weighted by atomic mass is 19.3. The van der Waals surface area contributed by atoms with Crippen LogP contribution in [0.4, 0.5) is 8.78 Å². The second-order valence-corrected chi connectivity index (χ2v) is 2.84. The molecule has 1 heterocycles. The van der Waals surface area contributed by atoms with Crippen molar-refractivity contribution in [3.8, 4) is 0 Å². The molecular weight excluding hydrogens is 152 g/mol. The first kappa shape index (κ1) is 6.72. The van der Waals surface area contributed by atoms with Crippen LogP contribution >= 0.6 is 0 Å². The highest BCUT2D eigenvalue weighted by Crippen LogP contribution is 2.57. The molecule has 0 aromatic carbocycles. The zero-order valence-electron chi connectivity index (χ0n) is 5.64. The SMILES string of the molecule is NC1(c2cn[nH]c2)CC1(F)F. The molecule has 0 saturated heterocycles. The van der Waals surface area contributed by atoms with Gasteiger partial charge in [0.25, 0.3) is 5.92 Å². The number of nitrogens with zero attached hydrogens (tertiary/aromatic N) is 1. The number of nitrogens with two attached hydrogens (primary N) is 1. The molecule has 1 aliphatic rings. The van der Waals surface area contributed by atoms with E-state index in [1.54, 1.807) is 0 Å². The van der Waals surface area contributed by atoms with E-state index in [9.17, 15) is 8.78 Å². The lowest BCUT2D eigenvalue weighted by atomic mass is 10.1. The van der Waals surface area contributed by atoms with E-state index in [4.69, 9.17) is 5.73 Å². The van der Waals surface area contributed by atoms with Gasteiger partial charge in [-0.05, 0) is 0 Å². The number of rotatable bonds is 1. The molecule has 1 aromatic heterocycles. The van der Waals surface area contributed by atoms with Crippen molar-refractivity contribution in [2.75, 3.05) is 0 Å². The van der Waals surface area contributed by atoms with Crippen molar-refractivity contribution in [3.05, 3.63) is 18.0 Å². The average Bonchev–Trinajstić information content (AvgIpc) is 2.36. The van der Waals surface area contributed by atoms with Crippen LogP contribution in [0.1, 0.15) is 12.0 Å². The van der Waals surface area contributed by atoms with E-state index < -0.39 is 11.5 Å². The van der Waals surface area contributed by atoms with E-state index in [1.165, 1.54) is 12.4 Å². The van der Waals surface area contributed by atoms with Gasteiger partial charge in [-0.3, -0.25) is 5.10 Å². The maximum absolute atomic E-state index is 12.6. The number of hydrogen-bond acceptors (Lipinski definition) is 2. The smallest absolute Gasteiger partial charge is 0.272 e. The molecule has 1 unspecified atom stereocenters. The van der Waals surface area contributed by atoms with E-state index in [0.29, 0.717) is 5.56 Å². The monoisotopic (exact) mass is 159 g/mol. The summed E-state index contributed by atoms with van der Waals surface area (Å²) in [5.41, 5.74) is 4.30. The first-order valence-electron chi connectivity index (χ1n) is 3.22. The number of aromatic amines is 1. The molecule has 1 saturated carbocycles. The predicted molar refractivity (Wildman–Crippen MR) is 34.0 cm³/mol. The van der Waals surface area contributed by atoms with Gasteiger partial charge in [-0.2, -0.15) is 5.10 Å². The van der Waals surface area contributed by atoms with E-state index in [1.807, 2.05) is 0 Å². The molecule has 1 aromatic rings. The maximum Gasteiger partial charge on any atom is 0.272 e. The van der Waals surface area contributed by atoms with Gasteiger partial charge in [0, 0.05) is 18.2 Å². The number of halogens is 2. The standard InChI is InChI=1S/C6H7F2N3/c7-6(8)3-5(6,9)4-1-10-11-2-4/h1-2H,3,9H2,(H,10,11). The van der Waals surface area contributed by atoms with Crippen molar-refractivity contribution in [2.24, 2.45) is 5.73 Å². The number of aromatic nitrogens is 2. The molecule has 5 heteroatoms. The van der Waals surface area contributed by atoms with Crippen molar-refractivity contribution >= 4 is 0 Å². The minimum Gasteiger partial charge on any atom is -0.316 e. The summed E-state index contributed by atoms with van der Waals surface area (Å²) in [5, 5.41) is 6.01. The van der Waals surface area contributed by atoms with Crippen LogP contribution in [-0.2, 0) is 5.54 Å². The lowest BCUT2D eigenvalue weighted by molar-refractivity contribution is 0.0891. The molecular formula is C6H7F2N3. The van der Waals surface area contributed by atoms with Gasteiger partial charge in [-0.1, -0.05) is 0 Å². The zero-order chi connectivity index (χ0) is 8.11. The number of H-pyrrole nitrogens is 1. The van der Waals surface area contributed by atoms with Gasteiger partial charge in [-0.15, -0.1) is 0 Å². The van der Waals surface area contributed by atoms with Crippen molar-refractivity contribution in [2.45, 2.75) is 17.9 Å². The molecule has 3 nitrogen and oxygen atoms in total. The lowest BCUT2D eigenvalue weighted by Crippen LogP contribution is -2.26. The summed E-state index contributed by atoms with van der Waals surface area (Å²) < 4.78 is 25.2. The van der Waals surface area contributed by atoms with Gasteiger partial charge in [0.15, 0.2) is 0 Å². The molecule has 1 aliphatic carbocycles. The second-order valence-electron chi connectivity index (χ2n) is 2.84. The Morgan fingerprint density at radius 2 is 2.27 bits per heavy atom. The zero-order valence-corrected chi connectivity index (χ0v) is 5.64. The minimum atomic E-state index is -2.75. The Hall–Kier alpha value is -0.970. The third kappa shape index (κ3) is 0.712. The van der Waals surface area contributed by atoms with Crippen LogP contribution in [0.3, 0.4) is 0 Å². The summed E-state index contributed by atoms with van der Waals surface area (Å²) in [6.45, 7) is 0. The van der Waals surface area contributed by atoms with E-state index in [-0.39, 0.29) is 6.42 Å². The molecule has 3 N–H and O–H groups in total. The van der Waals surface area contributed by atoms with Crippen molar-refractivity contribution < 1.29 is 8.78 Å². The summed E-state index contributed by atoms with van der Waals surface area (Å²) in [5.74, 6) is -2.75. The van der Waals surface area contributed by atoms with E-state index in [2.05, 4.69) is 10.2 Å². The summed E-state index contributed by atoms with van der Waals surface area (Å²) >= 11 is 0. The molecule has 2 rings (SSSR count). The van der Waals surface area contributed by atoms with Gasteiger partial charge in [0.1, 0.15) is 5.54 Å². The Balaban J connectivity index is 2.33. The topological polar surface area (TPSA) is 54.7 Å². The fraction of sp³-hybridized carbons (Fsp3) is 0.500. The Morgan fingerprint density at radius 3 is 2.64 bits per heavy atom. The maximum atomic E-state index is 12.6. The Kier molecular flexibility index (Phi) is 0.983. The molecule has 0 radical (unpaired) electrons. The highest BCUT2D eigenvalue weighted by molar-refractivity contribution is 5.31. The van der Waals surface area contributed by atoms with Gasteiger partial charge in [0.2, 0.25) is 0 Å². The van der Waals surface area contributed by atoms with Gasteiger partial charge in [-0.25, -0.2) is 8.78 Å². The Bertz CT molecular complexity index is 269. The van der Waals surface area contributed by atoms with Gasteiger partial charge < -0.3 is 5.73 Å². The number of hydrogen-bond donors (Lipinski definition) is 2. The average molecular weight is 159 g/mol. The van der Waals surface area contributed by atoms with Crippen LogP contribution in [0, 0.1) is 0 Å². The summed E-state index contributed by atoms with van der Waals surface area (Å²) in [6.07, 6.45) is 2.46. The second kappa shape index (κ2) is 1.61. The normalized spacial score (nSPS) is 33.7. The molecule has 1 fully saturated rings. The molecule has 0 spiro atoms. The number of alkyl halides is 2. The molecule has 0 aliphatic heterocycles. The van der Waals surface area contributed by atoms with Crippen molar-refractivity contribution in [1.82, 2.24) is 10.2 Å². The number of nitrogens with one attached hydrogen (secondary N) is 1. The fourth-order valence-electron chi connectivity index (χ4n) is 1.11. The molecule has 1 atom stereocenters.